The van der Waals surface area contributed by atoms with Gasteiger partial charge in [-0.15, -0.1) is 0 Å². The van der Waals surface area contributed by atoms with Crippen LogP contribution in [0.3, 0.4) is 0 Å². The summed E-state index contributed by atoms with van der Waals surface area (Å²) in [6, 6.07) is 7.50. The summed E-state index contributed by atoms with van der Waals surface area (Å²) in [5, 5.41) is 6.73. The zero-order valence-corrected chi connectivity index (χ0v) is 9.76. The van der Waals surface area contributed by atoms with Crippen LogP contribution in [0, 0.1) is 0 Å². The van der Waals surface area contributed by atoms with Crippen molar-refractivity contribution in [2.24, 2.45) is 0 Å². The minimum Gasteiger partial charge on any atom is -0.350 e. The first-order valence-electron chi connectivity index (χ1n) is 5.53. The number of carbonyl (C=O) groups excluding carboxylic acids is 1. The van der Waals surface area contributed by atoms with Crippen LogP contribution in [-0.2, 0) is 0 Å². The number of halogens is 1. The van der Waals surface area contributed by atoms with E-state index in [-0.39, 0.29) is 5.91 Å². The second-order valence-corrected chi connectivity index (χ2v) is 4.39. The quantitative estimate of drug-likeness (QED) is 0.844. The lowest BCUT2D eigenvalue weighted by Crippen LogP contribution is -2.37. The van der Waals surface area contributed by atoms with Gasteiger partial charge >= 0.3 is 0 Å². The second kappa shape index (κ2) is 5.32. The molecule has 3 nitrogen and oxygen atoms in total. The monoisotopic (exact) mass is 238 g/mol. The number of nitrogens with one attached hydrogen (secondary N) is 2. The highest BCUT2D eigenvalue weighted by Gasteiger charge is 2.16. The molecule has 1 amide bonds. The van der Waals surface area contributed by atoms with Gasteiger partial charge in [0.15, 0.2) is 0 Å². The van der Waals surface area contributed by atoms with E-state index >= 15 is 0 Å². The molecule has 0 unspecified atom stereocenters. The Balaban J connectivity index is 1.90. The SMILES string of the molecule is O=C(NC[C@@H]1CCCN1)c1ccccc1Cl. The average molecular weight is 239 g/mol. The Hall–Kier alpha value is -1.06. The first kappa shape index (κ1) is 11.4. The van der Waals surface area contributed by atoms with Crippen LogP contribution in [0.1, 0.15) is 23.2 Å². The molecule has 1 aromatic rings. The molecule has 4 heteroatoms. The van der Waals surface area contributed by atoms with Gasteiger partial charge in [0.25, 0.3) is 5.91 Å². The second-order valence-electron chi connectivity index (χ2n) is 3.98. The zero-order valence-electron chi connectivity index (χ0n) is 9.00. The predicted molar refractivity (Wildman–Crippen MR) is 64.8 cm³/mol. The summed E-state index contributed by atoms with van der Waals surface area (Å²) in [7, 11) is 0. The summed E-state index contributed by atoms with van der Waals surface area (Å²) in [5.41, 5.74) is 0.544. The van der Waals surface area contributed by atoms with Crippen LogP contribution in [0.2, 0.25) is 5.02 Å². The highest BCUT2D eigenvalue weighted by molar-refractivity contribution is 6.33. The number of hydrogen-bond acceptors (Lipinski definition) is 2. The lowest BCUT2D eigenvalue weighted by atomic mass is 10.2. The minimum atomic E-state index is -0.0979. The lowest BCUT2D eigenvalue weighted by Gasteiger charge is -2.11. The van der Waals surface area contributed by atoms with E-state index in [1.54, 1.807) is 12.1 Å². The van der Waals surface area contributed by atoms with Crippen LogP contribution in [0.25, 0.3) is 0 Å². The van der Waals surface area contributed by atoms with Gasteiger partial charge in [0, 0.05) is 12.6 Å². The standard InChI is InChI=1S/C12H15ClN2O/c13-11-6-2-1-5-10(11)12(16)15-8-9-4-3-7-14-9/h1-2,5-6,9,14H,3-4,7-8H2,(H,15,16)/t9-/m0/s1. The number of hydrogen-bond donors (Lipinski definition) is 2. The summed E-state index contributed by atoms with van der Waals surface area (Å²) in [4.78, 5) is 11.8. The van der Waals surface area contributed by atoms with E-state index in [1.807, 2.05) is 12.1 Å². The van der Waals surface area contributed by atoms with Crippen LogP contribution in [0.4, 0.5) is 0 Å². The molecule has 1 aliphatic rings. The number of rotatable bonds is 3. The van der Waals surface area contributed by atoms with Crippen molar-refractivity contribution in [3.8, 4) is 0 Å². The Morgan fingerprint density at radius 1 is 1.50 bits per heavy atom. The van der Waals surface area contributed by atoms with Gasteiger partial charge in [-0.2, -0.15) is 0 Å². The van der Waals surface area contributed by atoms with E-state index in [4.69, 9.17) is 11.6 Å². The smallest absolute Gasteiger partial charge is 0.252 e. The molecule has 0 aromatic heterocycles. The van der Waals surface area contributed by atoms with Crippen molar-refractivity contribution in [1.29, 1.82) is 0 Å². The molecule has 1 atom stereocenters. The molecule has 16 heavy (non-hydrogen) atoms. The Kier molecular flexibility index (Phi) is 3.80. The summed E-state index contributed by atoms with van der Waals surface area (Å²) in [5.74, 6) is -0.0979. The summed E-state index contributed by atoms with van der Waals surface area (Å²) < 4.78 is 0. The van der Waals surface area contributed by atoms with Crippen molar-refractivity contribution in [3.05, 3.63) is 34.9 Å². The third kappa shape index (κ3) is 2.74. The fourth-order valence-electron chi connectivity index (χ4n) is 1.89. The van der Waals surface area contributed by atoms with Crippen molar-refractivity contribution in [2.45, 2.75) is 18.9 Å². The third-order valence-electron chi connectivity index (χ3n) is 2.79. The number of benzene rings is 1. The van der Waals surface area contributed by atoms with Crippen molar-refractivity contribution in [2.75, 3.05) is 13.1 Å². The topological polar surface area (TPSA) is 41.1 Å². The fourth-order valence-corrected chi connectivity index (χ4v) is 2.11. The molecule has 1 aromatic carbocycles. The van der Waals surface area contributed by atoms with Crippen molar-refractivity contribution >= 4 is 17.5 Å². The van der Waals surface area contributed by atoms with Crippen LogP contribution >= 0.6 is 11.6 Å². The predicted octanol–water partition coefficient (Wildman–Crippen LogP) is 1.82. The average Bonchev–Trinajstić information content (AvgIpc) is 2.79. The molecule has 0 radical (unpaired) electrons. The van der Waals surface area contributed by atoms with E-state index in [2.05, 4.69) is 10.6 Å². The maximum absolute atomic E-state index is 11.8. The molecule has 1 heterocycles. The van der Waals surface area contributed by atoms with Gasteiger partial charge in [0.2, 0.25) is 0 Å². The van der Waals surface area contributed by atoms with Crippen molar-refractivity contribution in [3.63, 3.8) is 0 Å². The molecule has 1 fully saturated rings. The Morgan fingerprint density at radius 3 is 3.00 bits per heavy atom. The molecule has 0 aliphatic carbocycles. The molecule has 0 saturated carbocycles. The van der Waals surface area contributed by atoms with E-state index in [0.29, 0.717) is 23.2 Å². The Morgan fingerprint density at radius 2 is 2.31 bits per heavy atom. The van der Waals surface area contributed by atoms with Crippen molar-refractivity contribution < 1.29 is 4.79 Å². The molecule has 1 saturated heterocycles. The fraction of sp³-hybridized carbons (Fsp3) is 0.417. The van der Waals surface area contributed by atoms with Gasteiger partial charge in [-0.25, -0.2) is 0 Å². The summed E-state index contributed by atoms with van der Waals surface area (Å²) in [6.07, 6.45) is 2.31. The molecule has 0 bridgehead atoms. The first-order valence-corrected chi connectivity index (χ1v) is 5.91. The van der Waals surface area contributed by atoms with Crippen LogP contribution in [0.5, 0.6) is 0 Å². The highest BCUT2D eigenvalue weighted by Crippen LogP contribution is 2.14. The Bertz CT molecular complexity index is 375. The number of carbonyl (C=O) groups is 1. The summed E-state index contributed by atoms with van der Waals surface area (Å²) in [6.45, 7) is 1.72. The highest BCUT2D eigenvalue weighted by atomic mass is 35.5. The minimum absolute atomic E-state index is 0.0979. The maximum atomic E-state index is 11.8. The molecular formula is C12H15ClN2O. The van der Waals surface area contributed by atoms with E-state index in [1.165, 1.54) is 6.42 Å². The largest absolute Gasteiger partial charge is 0.350 e. The number of amides is 1. The summed E-state index contributed by atoms with van der Waals surface area (Å²) >= 11 is 5.94. The van der Waals surface area contributed by atoms with Gasteiger partial charge in [0.1, 0.15) is 0 Å². The molecule has 86 valence electrons. The normalized spacial score (nSPS) is 19.7. The van der Waals surface area contributed by atoms with E-state index < -0.39 is 0 Å². The molecule has 0 spiro atoms. The molecule has 2 N–H and O–H groups in total. The van der Waals surface area contributed by atoms with Crippen LogP contribution in [0.15, 0.2) is 24.3 Å². The molecule has 1 aliphatic heterocycles. The zero-order chi connectivity index (χ0) is 11.4. The molecule has 2 rings (SSSR count). The van der Waals surface area contributed by atoms with Gasteiger partial charge in [-0.1, -0.05) is 23.7 Å². The van der Waals surface area contributed by atoms with Gasteiger partial charge in [0.05, 0.1) is 10.6 Å². The van der Waals surface area contributed by atoms with E-state index in [9.17, 15) is 4.79 Å². The maximum Gasteiger partial charge on any atom is 0.252 e. The molecular weight excluding hydrogens is 224 g/mol. The van der Waals surface area contributed by atoms with Crippen molar-refractivity contribution in [1.82, 2.24) is 10.6 Å². The van der Waals surface area contributed by atoms with Crippen LogP contribution in [-0.4, -0.2) is 25.0 Å². The van der Waals surface area contributed by atoms with Crippen LogP contribution < -0.4 is 10.6 Å². The first-order chi connectivity index (χ1) is 7.77. The lowest BCUT2D eigenvalue weighted by molar-refractivity contribution is 0.0950. The van der Waals surface area contributed by atoms with Gasteiger partial charge in [-0.3, -0.25) is 4.79 Å². The van der Waals surface area contributed by atoms with Gasteiger partial charge < -0.3 is 10.6 Å². The Labute approximate surface area is 100 Å². The third-order valence-corrected chi connectivity index (χ3v) is 3.12. The van der Waals surface area contributed by atoms with Gasteiger partial charge in [-0.05, 0) is 31.5 Å². The van der Waals surface area contributed by atoms with E-state index in [0.717, 1.165) is 13.0 Å².